The Kier molecular flexibility index (Phi) is 4.13. The van der Waals surface area contributed by atoms with Gasteiger partial charge < -0.3 is 9.84 Å². The summed E-state index contributed by atoms with van der Waals surface area (Å²) in [6, 6.07) is 9.38. The van der Waals surface area contributed by atoms with Gasteiger partial charge in [-0.15, -0.1) is 0 Å². The van der Waals surface area contributed by atoms with E-state index < -0.39 is 12.1 Å². The number of ether oxygens (including phenoxy) is 1. The van der Waals surface area contributed by atoms with Crippen LogP contribution < -0.4 is 0 Å². The maximum Gasteiger partial charge on any atom is 0.335 e. The maximum atomic E-state index is 11.1. The molecule has 0 aromatic heterocycles. The highest BCUT2D eigenvalue weighted by atomic mass is 16.5. The van der Waals surface area contributed by atoms with E-state index in [1.54, 1.807) is 6.92 Å². The minimum atomic E-state index is -1.00. The van der Waals surface area contributed by atoms with E-state index in [0.717, 1.165) is 5.56 Å². The van der Waals surface area contributed by atoms with Crippen LogP contribution in [0, 0.1) is 0 Å². The van der Waals surface area contributed by atoms with Gasteiger partial charge in [-0.05, 0) is 12.0 Å². The number of rotatable bonds is 4. The molecule has 0 radical (unpaired) electrons. The zero-order valence-electron chi connectivity index (χ0n) is 8.14. The van der Waals surface area contributed by atoms with Crippen molar-refractivity contribution in [2.45, 2.75) is 26.1 Å². The van der Waals surface area contributed by atoms with Crippen molar-refractivity contribution in [2.75, 3.05) is 0 Å². The minimum Gasteiger partial charge on any atom is -0.459 e. The van der Waals surface area contributed by atoms with Gasteiger partial charge in [-0.2, -0.15) is 0 Å². The quantitative estimate of drug-likeness (QED) is 0.739. The van der Waals surface area contributed by atoms with Crippen LogP contribution in [0.3, 0.4) is 0 Å². The third-order valence-corrected chi connectivity index (χ3v) is 1.88. The molecular formula is C11H14O3. The van der Waals surface area contributed by atoms with Crippen molar-refractivity contribution >= 4 is 5.97 Å². The van der Waals surface area contributed by atoms with E-state index >= 15 is 0 Å². The van der Waals surface area contributed by atoms with Gasteiger partial charge in [0.25, 0.3) is 0 Å². The minimum absolute atomic E-state index is 0.219. The predicted molar refractivity (Wildman–Crippen MR) is 52.5 cm³/mol. The maximum absolute atomic E-state index is 11.1. The molecule has 0 bridgehead atoms. The molecule has 3 nitrogen and oxygen atoms in total. The molecule has 14 heavy (non-hydrogen) atoms. The van der Waals surface area contributed by atoms with E-state index in [0.29, 0.717) is 6.42 Å². The standard InChI is InChI=1S/C11H14O3/c1-2-10(12)11(13)14-8-9-6-4-3-5-7-9/h3-7,10,12H,2,8H2,1H3/t10-/m1/s1. The second-order valence-corrected chi connectivity index (χ2v) is 3.02. The van der Waals surface area contributed by atoms with Gasteiger partial charge in [0.1, 0.15) is 6.61 Å². The van der Waals surface area contributed by atoms with Crippen LogP contribution in [0.4, 0.5) is 0 Å². The van der Waals surface area contributed by atoms with Crippen LogP contribution in [0.5, 0.6) is 0 Å². The lowest BCUT2D eigenvalue weighted by atomic mass is 10.2. The summed E-state index contributed by atoms with van der Waals surface area (Å²) in [6.45, 7) is 1.95. The molecule has 3 heteroatoms. The summed E-state index contributed by atoms with van der Waals surface area (Å²) in [5.74, 6) is -0.559. The number of carbonyl (C=O) groups is 1. The van der Waals surface area contributed by atoms with E-state index in [1.165, 1.54) is 0 Å². The summed E-state index contributed by atoms with van der Waals surface area (Å²) < 4.78 is 4.89. The van der Waals surface area contributed by atoms with Gasteiger partial charge >= 0.3 is 5.97 Å². The number of aliphatic hydroxyl groups excluding tert-OH is 1. The lowest BCUT2D eigenvalue weighted by Crippen LogP contribution is -2.21. The summed E-state index contributed by atoms with van der Waals surface area (Å²) in [7, 11) is 0. The molecule has 1 aromatic carbocycles. The highest BCUT2D eigenvalue weighted by Crippen LogP contribution is 2.02. The fraction of sp³-hybridized carbons (Fsp3) is 0.364. The zero-order valence-corrected chi connectivity index (χ0v) is 8.14. The first-order valence-electron chi connectivity index (χ1n) is 4.62. The fourth-order valence-electron chi connectivity index (χ4n) is 0.992. The van der Waals surface area contributed by atoms with Gasteiger partial charge in [0.05, 0.1) is 0 Å². The number of hydrogen-bond acceptors (Lipinski definition) is 3. The third kappa shape index (κ3) is 3.18. The molecule has 1 rings (SSSR count). The molecule has 0 aliphatic carbocycles. The summed E-state index contributed by atoms with van der Waals surface area (Å²) in [6.07, 6.45) is -0.619. The number of esters is 1. The number of benzene rings is 1. The van der Waals surface area contributed by atoms with E-state index in [9.17, 15) is 4.79 Å². The van der Waals surface area contributed by atoms with Gasteiger partial charge in [0.15, 0.2) is 6.10 Å². The van der Waals surface area contributed by atoms with Crippen molar-refractivity contribution < 1.29 is 14.6 Å². The van der Waals surface area contributed by atoms with Crippen molar-refractivity contribution in [3.8, 4) is 0 Å². The van der Waals surface area contributed by atoms with Crippen LogP contribution >= 0.6 is 0 Å². The summed E-state index contributed by atoms with van der Waals surface area (Å²) >= 11 is 0. The molecule has 1 atom stereocenters. The first kappa shape index (κ1) is 10.7. The largest absolute Gasteiger partial charge is 0.459 e. The lowest BCUT2D eigenvalue weighted by Gasteiger charge is -2.08. The molecule has 0 saturated heterocycles. The van der Waals surface area contributed by atoms with Crippen molar-refractivity contribution in [1.82, 2.24) is 0 Å². The topological polar surface area (TPSA) is 46.5 Å². The summed E-state index contributed by atoms with van der Waals surface area (Å²) in [4.78, 5) is 11.1. The number of hydrogen-bond donors (Lipinski definition) is 1. The third-order valence-electron chi connectivity index (χ3n) is 1.88. The predicted octanol–water partition coefficient (Wildman–Crippen LogP) is 1.50. The van der Waals surface area contributed by atoms with Gasteiger partial charge in [0, 0.05) is 0 Å². The van der Waals surface area contributed by atoms with Crippen LogP contribution in [-0.4, -0.2) is 17.2 Å². The van der Waals surface area contributed by atoms with Crippen molar-refractivity contribution in [3.05, 3.63) is 35.9 Å². The Morgan fingerprint density at radius 3 is 2.64 bits per heavy atom. The molecule has 0 unspecified atom stereocenters. The molecule has 0 spiro atoms. The Balaban J connectivity index is 2.38. The molecule has 0 aliphatic heterocycles. The average Bonchev–Trinajstić information content (AvgIpc) is 2.26. The first-order valence-corrected chi connectivity index (χ1v) is 4.62. The highest BCUT2D eigenvalue weighted by Gasteiger charge is 2.13. The smallest absolute Gasteiger partial charge is 0.335 e. The molecule has 1 N–H and O–H groups in total. The van der Waals surface area contributed by atoms with E-state index in [1.807, 2.05) is 30.3 Å². The fourth-order valence-corrected chi connectivity index (χ4v) is 0.992. The summed E-state index contributed by atoms with van der Waals surface area (Å²) in [5.41, 5.74) is 0.921. The lowest BCUT2D eigenvalue weighted by molar-refractivity contribution is -0.155. The molecule has 1 aromatic rings. The van der Waals surface area contributed by atoms with Crippen LogP contribution in [0.2, 0.25) is 0 Å². The molecule has 0 amide bonds. The second-order valence-electron chi connectivity index (χ2n) is 3.02. The van der Waals surface area contributed by atoms with Crippen LogP contribution in [0.1, 0.15) is 18.9 Å². The van der Waals surface area contributed by atoms with E-state index in [-0.39, 0.29) is 6.61 Å². The molecule has 76 valence electrons. The van der Waals surface area contributed by atoms with E-state index in [2.05, 4.69) is 0 Å². The molecule has 0 heterocycles. The number of aliphatic hydroxyl groups is 1. The van der Waals surface area contributed by atoms with Crippen molar-refractivity contribution in [2.24, 2.45) is 0 Å². The van der Waals surface area contributed by atoms with Crippen LogP contribution in [0.15, 0.2) is 30.3 Å². The summed E-state index contributed by atoms with van der Waals surface area (Å²) in [5, 5.41) is 9.13. The molecule has 0 saturated carbocycles. The molecular weight excluding hydrogens is 180 g/mol. The Morgan fingerprint density at radius 1 is 1.43 bits per heavy atom. The Bertz CT molecular complexity index is 282. The van der Waals surface area contributed by atoms with Crippen LogP contribution in [-0.2, 0) is 16.1 Å². The molecule has 0 fully saturated rings. The van der Waals surface area contributed by atoms with Gasteiger partial charge in [-0.3, -0.25) is 0 Å². The monoisotopic (exact) mass is 194 g/mol. The van der Waals surface area contributed by atoms with Gasteiger partial charge in [-0.25, -0.2) is 4.79 Å². The van der Waals surface area contributed by atoms with Crippen LogP contribution in [0.25, 0.3) is 0 Å². The normalized spacial score (nSPS) is 12.1. The van der Waals surface area contributed by atoms with Gasteiger partial charge in [-0.1, -0.05) is 37.3 Å². The number of carbonyl (C=O) groups excluding carboxylic acids is 1. The Morgan fingerprint density at radius 2 is 2.07 bits per heavy atom. The first-order chi connectivity index (χ1) is 6.74. The Hall–Kier alpha value is -1.35. The highest BCUT2D eigenvalue weighted by molar-refractivity contribution is 5.74. The van der Waals surface area contributed by atoms with Crippen molar-refractivity contribution in [1.29, 1.82) is 0 Å². The van der Waals surface area contributed by atoms with Crippen molar-refractivity contribution in [3.63, 3.8) is 0 Å². The average molecular weight is 194 g/mol. The van der Waals surface area contributed by atoms with Gasteiger partial charge in [0.2, 0.25) is 0 Å². The zero-order chi connectivity index (χ0) is 10.4. The second kappa shape index (κ2) is 5.40. The Labute approximate surface area is 83.3 Å². The van der Waals surface area contributed by atoms with E-state index in [4.69, 9.17) is 9.84 Å². The molecule has 0 aliphatic rings. The SMILES string of the molecule is CC[C@@H](O)C(=O)OCc1ccccc1.